The van der Waals surface area contributed by atoms with Gasteiger partial charge in [-0.15, -0.1) is 0 Å². The van der Waals surface area contributed by atoms with Gasteiger partial charge in [-0.25, -0.2) is 0 Å². The number of hydrogen-bond acceptors (Lipinski definition) is 3. The van der Waals surface area contributed by atoms with E-state index in [0.29, 0.717) is 5.92 Å². The highest BCUT2D eigenvalue weighted by Gasteiger charge is 2.17. The molecule has 0 saturated heterocycles. The number of anilines is 2. The van der Waals surface area contributed by atoms with E-state index < -0.39 is 0 Å². The normalized spacial score (nSPS) is 14.2. The average Bonchev–Trinajstić information content (AvgIpc) is 2.28. The van der Waals surface area contributed by atoms with Gasteiger partial charge in [-0.1, -0.05) is 13.8 Å². The van der Waals surface area contributed by atoms with Crippen molar-refractivity contribution < 1.29 is 0 Å². The summed E-state index contributed by atoms with van der Waals surface area (Å²) in [6.45, 7) is 7.47. The van der Waals surface area contributed by atoms with E-state index >= 15 is 0 Å². The summed E-state index contributed by atoms with van der Waals surface area (Å²) in [5.74, 6) is 0.636. The first-order valence-electron chi connectivity index (χ1n) is 5.73. The average molecular weight is 215 g/mol. The lowest BCUT2D eigenvalue weighted by Crippen LogP contribution is -2.36. The Balaban J connectivity index is 2.32. The molecular formula is C13H17N3. The van der Waals surface area contributed by atoms with Crippen LogP contribution >= 0.6 is 0 Å². The minimum absolute atomic E-state index is 0.636. The molecule has 0 atom stereocenters. The second kappa shape index (κ2) is 4.44. The molecule has 16 heavy (non-hydrogen) atoms. The Bertz CT molecular complexity index is 418. The quantitative estimate of drug-likeness (QED) is 0.823. The zero-order valence-corrected chi connectivity index (χ0v) is 9.83. The molecule has 1 N–H and O–H groups in total. The molecule has 1 aromatic carbocycles. The van der Waals surface area contributed by atoms with Gasteiger partial charge >= 0.3 is 0 Å². The van der Waals surface area contributed by atoms with E-state index in [1.165, 1.54) is 5.69 Å². The lowest BCUT2D eigenvalue weighted by molar-refractivity contribution is 0.610. The molecule has 0 unspecified atom stereocenters. The minimum Gasteiger partial charge on any atom is -0.382 e. The maximum absolute atomic E-state index is 8.92. The van der Waals surface area contributed by atoms with Crippen molar-refractivity contribution in [1.82, 2.24) is 0 Å². The molecule has 0 bridgehead atoms. The van der Waals surface area contributed by atoms with Gasteiger partial charge in [-0.05, 0) is 24.1 Å². The number of nitriles is 1. The van der Waals surface area contributed by atoms with Gasteiger partial charge in [0.15, 0.2) is 0 Å². The molecule has 2 rings (SSSR count). The predicted molar refractivity (Wildman–Crippen MR) is 66.7 cm³/mol. The van der Waals surface area contributed by atoms with Crippen molar-refractivity contribution >= 4 is 11.4 Å². The summed E-state index contributed by atoms with van der Waals surface area (Å²) < 4.78 is 0. The third-order valence-electron chi connectivity index (χ3n) is 2.75. The van der Waals surface area contributed by atoms with Gasteiger partial charge in [-0.3, -0.25) is 0 Å². The number of benzene rings is 1. The van der Waals surface area contributed by atoms with Crippen LogP contribution in [0.5, 0.6) is 0 Å². The van der Waals surface area contributed by atoms with Gasteiger partial charge < -0.3 is 10.2 Å². The fourth-order valence-corrected chi connectivity index (χ4v) is 2.09. The Morgan fingerprint density at radius 1 is 1.50 bits per heavy atom. The van der Waals surface area contributed by atoms with Gasteiger partial charge in [0.25, 0.3) is 0 Å². The topological polar surface area (TPSA) is 39.1 Å². The van der Waals surface area contributed by atoms with Crippen molar-refractivity contribution in [2.75, 3.05) is 29.9 Å². The van der Waals surface area contributed by atoms with Gasteiger partial charge in [0.2, 0.25) is 0 Å². The molecule has 3 heteroatoms. The smallest absolute Gasteiger partial charge is 0.0992 e. The Morgan fingerprint density at radius 2 is 2.31 bits per heavy atom. The third-order valence-corrected chi connectivity index (χ3v) is 2.75. The summed E-state index contributed by atoms with van der Waals surface area (Å²) in [6, 6.07) is 8.04. The van der Waals surface area contributed by atoms with Crippen molar-refractivity contribution in [3.05, 3.63) is 23.8 Å². The molecule has 0 amide bonds. The van der Waals surface area contributed by atoms with Crippen LogP contribution < -0.4 is 10.2 Å². The second-order valence-electron chi connectivity index (χ2n) is 4.61. The molecular weight excluding hydrogens is 198 g/mol. The predicted octanol–water partition coefficient (Wildman–Crippen LogP) is 2.45. The number of hydrogen-bond donors (Lipinski definition) is 1. The van der Waals surface area contributed by atoms with Crippen LogP contribution in [0.15, 0.2) is 18.2 Å². The van der Waals surface area contributed by atoms with Crippen LogP contribution in [-0.4, -0.2) is 19.6 Å². The van der Waals surface area contributed by atoms with E-state index in [-0.39, 0.29) is 0 Å². The van der Waals surface area contributed by atoms with Crippen molar-refractivity contribution in [2.45, 2.75) is 13.8 Å². The first-order chi connectivity index (χ1) is 7.70. The highest BCUT2D eigenvalue weighted by atomic mass is 15.2. The second-order valence-corrected chi connectivity index (χ2v) is 4.61. The molecule has 84 valence electrons. The van der Waals surface area contributed by atoms with E-state index in [2.05, 4.69) is 30.1 Å². The van der Waals surface area contributed by atoms with E-state index in [0.717, 1.165) is 30.9 Å². The molecule has 1 aliphatic heterocycles. The summed E-state index contributed by atoms with van der Waals surface area (Å²) >= 11 is 0. The Hall–Kier alpha value is -1.69. The van der Waals surface area contributed by atoms with Crippen molar-refractivity contribution in [3.63, 3.8) is 0 Å². The molecule has 1 aromatic rings. The summed E-state index contributed by atoms with van der Waals surface area (Å²) in [5.41, 5.74) is 3.04. The lowest BCUT2D eigenvalue weighted by Gasteiger charge is -2.33. The Kier molecular flexibility index (Phi) is 3.00. The number of fused-ring (bicyclic) bond motifs is 1. The van der Waals surface area contributed by atoms with E-state index in [1.54, 1.807) is 0 Å². The van der Waals surface area contributed by atoms with E-state index in [1.807, 2.05) is 18.2 Å². The van der Waals surface area contributed by atoms with Crippen LogP contribution in [0.4, 0.5) is 11.4 Å². The maximum Gasteiger partial charge on any atom is 0.0992 e. The van der Waals surface area contributed by atoms with Crippen molar-refractivity contribution in [2.24, 2.45) is 5.92 Å². The summed E-state index contributed by atoms with van der Waals surface area (Å²) in [5, 5.41) is 12.3. The van der Waals surface area contributed by atoms with Crippen LogP contribution in [0.2, 0.25) is 0 Å². The van der Waals surface area contributed by atoms with Gasteiger partial charge in [0.1, 0.15) is 0 Å². The van der Waals surface area contributed by atoms with Crippen LogP contribution in [0.1, 0.15) is 19.4 Å². The first kappa shape index (κ1) is 10.8. The van der Waals surface area contributed by atoms with Gasteiger partial charge in [0, 0.05) is 19.6 Å². The molecule has 0 aromatic heterocycles. The first-order valence-corrected chi connectivity index (χ1v) is 5.73. The minimum atomic E-state index is 0.636. The van der Waals surface area contributed by atoms with E-state index in [4.69, 9.17) is 5.26 Å². The van der Waals surface area contributed by atoms with Crippen LogP contribution in [0.3, 0.4) is 0 Å². The number of rotatable bonds is 2. The molecule has 0 radical (unpaired) electrons. The molecule has 0 aliphatic carbocycles. The van der Waals surface area contributed by atoms with Gasteiger partial charge in [-0.2, -0.15) is 5.26 Å². The van der Waals surface area contributed by atoms with E-state index in [9.17, 15) is 0 Å². The highest BCUT2D eigenvalue weighted by Crippen LogP contribution is 2.30. The number of nitrogens with one attached hydrogen (secondary N) is 1. The SMILES string of the molecule is CC(C)CN1CCNc2ccc(C#N)cc21. The summed E-state index contributed by atoms with van der Waals surface area (Å²) in [6.07, 6.45) is 0. The molecule has 0 spiro atoms. The standard InChI is InChI=1S/C13H17N3/c1-10(2)9-16-6-5-15-12-4-3-11(8-14)7-13(12)16/h3-4,7,10,15H,5-6,9H2,1-2H3. The molecule has 1 aliphatic rings. The van der Waals surface area contributed by atoms with Crippen LogP contribution in [0, 0.1) is 17.2 Å². The Labute approximate surface area is 96.7 Å². The fourth-order valence-electron chi connectivity index (χ4n) is 2.09. The largest absolute Gasteiger partial charge is 0.382 e. The molecule has 3 nitrogen and oxygen atoms in total. The highest BCUT2D eigenvalue weighted by molar-refractivity contribution is 5.73. The van der Waals surface area contributed by atoms with Crippen LogP contribution in [-0.2, 0) is 0 Å². The van der Waals surface area contributed by atoms with Crippen molar-refractivity contribution in [3.8, 4) is 6.07 Å². The maximum atomic E-state index is 8.92. The third kappa shape index (κ3) is 2.11. The molecule has 1 heterocycles. The number of nitrogens with zero attached hydrogens (tertiary/aromatic N) is 2. The summed E-state index contributed by atoms with van der Waals surface area (Å²) in [4.78, 5) is 2.36. The Morgan fingerprint density at radius 3 is 3.00 bits per heavy atom. The van der Waals surface area contributed by atoms with Gasteiger partial charge in [0.05, 0.1) is 23.0 Å². The zero-order chi connectivity index (χ0) is 11.5. The zero-order valence-electron chi connectivity index (χ0n) is 9.83. The fraction of sp³-hybridized carbons (Fsp3) is 0.462. The van der Waals surface area contributed by atoms with Crippen molar-refractivity contribution in [1.29, 1.82) is 5.26 Å². The molecule has 0 saturated carbocycles. The molecule has 0 fully saturated rings. The monoisotopic (exact) mass is 215 g/mol. The summed E-state index contributed by atoms with van der Waals surface area (Å²) in [7, 11) is 0. The van der Waals surface area contributed by atoms with Crippen LogP contribution in [0.25, 0.3) is 0 Å². The lowest BCUT2D eigenvalue weighted by atomic mass is 10.1.